The second-order valence-corrected chi connectivity index (χ2v) is 5.54. The highest BCUT2D eigenvalue weighted by Gasteiger charge is 2.21. The monoisotopic (exact) mass is 360 g/mol. The van der Waals surface area contributed by atoms with E-state index >= 15 is 0 Å². The van der Waals surface area contributed by atoms with Crippen molar-refractivity contribution in [2.24, 2.45) is 0 Å². The van der Waals surface area contributed by atoms with Crippen LogP contribution in [0.15, 0.2) is 22.7 Å². The van der Waals surface area contributed by atoms with Gasteiger partial charge in [0.05, 0.1) is 10.6 Å². The minimum absolute atomic E-state index is 0.102. The van der Waals surface area contributed by atoms with E-state index in [1.165, 1.54) is 0 Å². The summed E-state index contributed by atoms with van der Waals surface area (Å²) in [5, 5.41) is 3.02. The van der Waals surface area contributed by atoms with Crippen molar-refractivity contribution in [2.45, 2.75) is 26.8 Å². The number of carbonyl (C=O) groups is 2. The maximum Gasteiger partial charge on any atom is 0.253 e. The summed E-state index contributed by atoms with van der Waals surface area (Å²) in [5.41, 5.74) is 0.347. The number of rotatable bonds is 5. The molecule has 0 saturated carbocycles. The van der Waals surface area contributed by atoms with Crippen LogP contribution in [0.3, 0.4) is 0 Å². The molecular weight excluding hydrogens is 344 g/mol. The summed E-state index contributed by atoms with van der Waals surface area (Å²) < 4.78 is 0.648. The Hall–Kier alpha value is -1.07. The van der Waals surface area contributed by atoms with Gasteiger partial charge in [0, 0.05) is 17.6 Å². The maximum absolute atomic E-state index is 12.1. The minimum atomic E-state index is -0.586. The molecule has 1 rings (SSSR count). The topological polar surface area (TPSA) is 49.4 Å². The van der Waals surface area contributed by atoms with Crippen LogP contribution in [0.5, 0.6) is 0 Å². The number of hydrogen-bond acceptors (Lipinski definition) is 2. The second kappa shape index (κ2) is 7.64. The van der Waals surface area contributed by atoms with Gasteiger partial charge >= 0.3 is 0 Å². The molecule has 0 heterocycles. The van der Waals surface area contributed by atoms with Crippen LogP contribution in [0.4, 0.5) is 0 Å². The lowest BCUT2D eigenvalue weighted by atomic mass is 10.2. The summed E-state index contributed by atoms with van der Waals surface area (Å²) >= 11 is 9.33. The lowest BCUT2D eigenvalue weighted by molar-refractivity contribution is -0.132. The van der Waals surface area contributed by atoms with E-state index in [4.69, 9.17) is 11.6 Å². The molecule has 1 aromatic rings. The average Bonchev–Trinajstić information content (AvgIpc) is 2.42. The Labute approximate surface area is 132 Å². The summed E-state index contributed by atoms with van der Waals surface area (Å²) in [6.07, 6.45) is 0. The van der Waals surface area contributed by atoms with Crippen LogP contribution >= 0.6 is 27.5 Å². The zero-order chi connectivity index (χ0) is 15.3. The smallest absolute Gasteiger partial charge is 0.253 e. The fraction of sp³-hybridized carbons (Fsp3) is 0.429. The number of nitrogens with zero attached hydrogens (tertiary/aromatic N) is 1. The number of likely N-dealkylation sites (N-methyl/N-ethyl adjacent to an activating group) is 1. The Bertz CT molecular complexity index is 504. The van der Waals surface area contributed by atoms with Gasteiger partial charge in [-0.25, -0.2) is 0 Å². The number of halogens is 2. The zero-order valence-electron chi connectivity index (χ0n) is 11.7. The normalized spacial score (nSPS) is 11.8. The second-order valence-electron chi connectivity index (χ2n) is 4.31. The van der Waals surface area contributed by atoms with Crippen molar-refractivity contribution >= 4 is 39.3 Å². The predicted molar refractivity (Wildman–Crippen MR) is 84.0 cm³/mol. The molecule has 0 spiro atoms. The standard InChI is InChI=1S/C14H18BrClN2O2/c1-4-18(5-2)14(20)9(3)17-13(19)10-7-6-8-11(15)12(10)16/h6-9H,4-5H2,1-3H3,(H,17,19). The van der Waals surface area contributed by atoms with Crippen LogP contribution in [-0.2, 0) is 4.79 Å². The van der Waals surface area contributed by atoms with E-state index in [-0.39, 0.29) is 11.8 Å². The van der Waals surface area contributed by atoms with E-state index < -0.39 is 6.04 Å². The Morgan fingerprint density at radius 1 is 1.35 bits per heavy atom. The number of nitrogens with one attached hydrogen (secondary N) is 1. The molecule has 20 heavy (non-hydrogen) atoms. The quantitative estimate of drug-likeness (QED) is 0.876. The molecule has 4 nitrogen and oxygen atoms in total. The number of hydrogen-bond donors (Lipinski definition) is 1. The van der Waals surface area contributed by atoms with Crippen LogP contribution < -0.4 is 5.32 Å². The van der Waals surface area contributed by atoms with E-state index in [1.54, 1.807) is 30.0 Å². The highest BCUT2D eigenvalue weighted by molar-refractivity contribution is 9.10. The Morgan fingerprint density at radius 2 is 1.95 bits per heavy atom. The third-order valence-electron chi connectivity index (χ3n) is 2.99. The molecule has 1 atom stereocenters. The maximum atomic E-state index is 12.1. The first-order valence-electron chi connectivity index (χ1n) is 6.46. The van der Waals surface area contributed by atoms with Crippen molar-refractivity contribution in [2.75, 3.05) is 13.1 Å². The molecule has 0 bridgehead atoms. The van der Waals surface area contributed by atoms with Gasteiger partial charge in [-0.15, -0.1) is 0 Å². The van der Waals surface area contributed by atoms with Gasteiger partial charge in [-0.2, -0.15) is 0 Å². The van der Waals surface area contributed by atoms with Crippen LogP contribution in [0.2, 0.25) is 5.02 Å². The molecule has 6 heteroatoms. The van der Waals surface area contributed by atoms with Crippen molar-refractivity contribution in [3.05, 3.63) is 33.3 Å². The molecule has 0 saturated heterocycles. The van der Waals surface area contributed by atoms with E-state index in [0.717, 1.165) is 0 Å². The third kappa shape index (κ3) is 3.96. The van der Waals surface area contributed by atoms with Gasteiger partial charge in [0.25, 0.3) is 5.91 Å². The molecule has 2 amide bonds. The third-order valence-corrected chi connectivity index (χ3v) is 4.29. The first-order chi connectivity index (χ1) is 9.42. The molecule has 1 unspecified atom stereocenters. The van der Waals surface area contributed by atoms with Crippen LogP contribution in [0, 0.1) is 0 Å². The summed E-state index contributed by atoms with van der Waals surface area (Å²) in [6.45, 7) is 6.72. The van der Waals surface area contributed by atoms with Gasteiger partial charge < -0.3 is 10.2 Å². The zero-order valence-corrected chi connectivity index (χ0v) is 14.1. The Balaban J connectivity index is 2.80. The number of benzene rings is 1. The van der Waals surface area contributed by atoms with Crippen molar-refractivity contribution in [3.63, 3.8) is 0 Å². The van der Waals surface area contributed by atoms with Gasteiger partial charge in [0.2, 0.25) is 5.91 Å². The molecule has 110 valence electrons. The molecule has 1 aromatic carbocycles. The molecule has 0 fully saturated rings. The van der Waals surface area contributed by atoms with Crippen molar-refractivity contribution in [1.29, 1.82) is 0 Å². The van der Waals surface area contributed by atoms with Gasteiger partial charge in [-0.1, -0.05) is 17.7 Å². The first kappa shape index (κ1) is 17.0. The van der Waals surface area contributed by atoms with Crippen molar-refractivity contribution in [3.8, 4) is 0 Å². The van der Waals surface area contributed by atoms with E-state index in [1.807, 2.05) is 13.8 Å². The van der Waals surface area contributed by atoms with Crippen molar-refractivity contribution < 1.29 is 9.59 Å². The lowest BCUT2D eigenvalue weighted by Crippen LogP contribution is -2.46. The minimum Gasteiger partial charge on any atom is -0.341 e. The van der Waals surface area contributed by atoms with Crippen molar-refractivity contribution in [1.82, 2.24) is 10.2 Å². The van der Waals surface area contributed by atoms with Gasteiger partial charge in [0.1, 0.15) is 6.04 Å². The van der Waals surface area contributed by atoms with Gasteiger partial charge in [-0.3, -0.25) is 9.59 Å². The number of amides is 2. The average molecular weight is 362 g/mol. The van der Waals surface area contributed by atoms with Crippen LogP contribution in [0.1, 0.15) is 31.1 Å². The van der Waals surface area contributed by atoms with Crippen LogP contribution in [0.25, 0.3) is 0 Å². The summed E-state index contributed by atoms with van der Waals surface area (Å²) in [6, 6.07) is 4.51. The summed E-state index contributed by atoms with van der Waals surface area (Å²) in [7, 11) is 0. The van der Waals surface area contributed by atoms with E-state index in [2.05, 4.69) is 21.2 Å². The molecule has 0 aliphatic rings. The van der Waals surface area contributed by atoms with E-state index in [9.17, 15) is 9.59 Å². The largest absolute Gasteiger partial charge is 0.341 e. The molecule has 0 aliphatic carbocycles. The SMILES string of the molecule is CCN(CC)C(=O)C(C)NC(=O)c1cccc(Br)c1Cl. The Kier molecular flexibility index (Phi) is 6.49. The van der Waals surface area contributed by atoms with Gasteiger partial charge in [0.15, 0.2) is 0 Å². The molecule has 0 aromatic heterocycles. The Morgan fingerprint density at radius 3 is 2.50 bits per heavy atom. The van der Waals surface area contributed by atoms with E-state index in [0.29, 0.717) is 28.1 Å². The molecule has 1 N–H and O–H groups in total. The summed E-state index contributed by atoms with van der Waals surface area (Å²) in [4.78, 5) is 25.9. The highest BCUT2D eigenvalue weighted by Crippen LogP contribution is 2.25. The fourth-order valence-electron chi connectivity index (χ4n) is 1.82. The molecular formula is C14H18BrClN2O2. The summed E-state index contributed by atoms with van der Waals surface area (Å²) in [5.74, 6) is -0.459. The highest BCUT2D eigenvalue weighted by atomic mass is 79.9. The fourth-order valence-corrected chi connectivity index (χ4v) is 2.40. The van der Waals surface area contributed by atoms with Crippen LogP contribution in [-0.4, -0.2) is 35.8 Å². The lowest BCUT2D eigenvalue weighted by Gasteiger charge is -2.23. The predicted octanol–water partition coefficient (Wildman–Crippen LogP) is 3.09. The number of carbonyl (C=O) groups excluding carboxylic acids is 2. The first-order valence-corrected chi connectivity index (χ1v) is 7.63. The van der Waals surface area contributed by atoms with Gasteiger partial charge in [-0.05, 0) is 48.8 Å². The molecule has 0 radical (unpaired) electrons. The molecule has 0 aliphatic heterocycles.